The Balaban J connectivity index is 2.04. The maximum absolute atomic E-state index is 5.69. The third-order valence-corrected chi connectivity index (χ3v) is 3.38. The van der Waals surface area contributed by atoms with Crippen LogP contribution in [0.4, 0.5) is 0 Å². The van der Waals surface area contributed by atoms with Crippen molar-refractivity contribution in [2.45, 2.75) is 38.8 Å². The maximum Gasteiger partial charge on any atom is 0.0538 e. The minimum atomic E-state index is 0.199. The van der Waals surface area contributed by atoms with Gasteiger partial charge in [0.2, 0.25) is 0 Å². The molecule has 3 N–H and O–H groups in total. The zero-order chi connectivity index (χ0) is 12.1. The van der Waals surface area contributed by atoms with Gasteiger partial charge in [0, 0.05) is 31.5 Å². The van der Waals surface area contributed by atoms with Gasteiger partial charge in [0.05, 0.1) is 12.2 Å². The van der Waals surface area contributed by atoms with Crippen LogP contribution < -0.4 is 11.3 Å². The van der Waals surface area contributed by atoms with Crippen LogP contribution in [0.15, 0.2) is 12.4 Å². The normalized spacial score (nSPS) is 19.4. The number of hydrogen-bond acceptors (Lipinski definition) is 4. The van der Waals surface area contributed by atoms with Crippen LogP contribution in [0.25, 0.3) is 0 Å². The van der Waals surface area contributed by atoms with Crippen LogP contribution in [-0.4, -0.2) is 23.0 Å². The molecule has 1 aromatic heterocycles. The number of nitrogens with zero attached hydrogens (tertiary/aromatic N) is 2. The molecule has 1 fully saturated rings. The predicted molar refractivity (Wildman–Crippen MR) is 66.1 cm³/mol. The molecule has 1 aromatic rings. The van der Waals surface area contributed by atoms with Gasteiger partial charge in [-0.05, 0) is 25.2 Å². The summed E-state index contributed by atoms with van der Waals surface area (Å²) in [4.78, 5) is 0. The van der Waals surface area contributed by atoms with Crippen LogP contribution in [0.2, 0.25) is 0 Å². The first-order valence-corrected chi connectivity index (χ1v) is 6.41. The lowest BCUT2D eigenvalue weighted by molar-refractivity contribution is 0.0536. The van der Waals surface area contributed by atoms with Crippen molar-refractivity contribution >= 4 is 0 Å². The summed E-state index contributed by atoms with van der Waals surface area (Å²) in [6, 6.07) is 0.199. The number of ether oxygens (including phenoxy) is 1. The van der Waals surface area contributed by atoms with Gasteiger partial charge in [-0.1, -0.05) is 6.92 Å². The summed E-state index contributed by atoms with van der Waals surface area (Å²) in [5, 5.41) is 4.36. The summed E-state index contributed by atoms with van der Waals surface area (Å²) in [5.74, 6) is 6.24. The first-order valence-electron chi connectivity index (χ1n) is 6.41. The average Bonchev–Trinajstić information content (AvgIpc) is 2.81. The number of nitrogens with two attached hydrogens (primary N) is 1. The molecule has 0 aromatic carbocycles. The topological polar surface area (TPSA) is 65.1 Å². The Bertz CT molecular complexity index is 333. The largest absolute Gasteiger partial charge is 0.381 e. The molecule has 0 radical (unpaired) electrons. The van der Waals surface area contributed by atoms with Crippen LogP contribution in [0.1, 0.15) is 37.8 Å². The van der Waals surface area contributed by atoms with Gasteiger partial charge < -0.3 is 4.74 Å². The van der Waals surface area contributed by atoms with Crippen molar-refractivity contribution in [3.8, 4) is 0 Å². The summed E-state index contributed by atoms with van der Waals surface area (Å²) in [6.45, 7) is 4.79. The third-order valence-electron chi connectivity index (χ3n) is 3.38. The Morgan fingerprint density at radius 3 is 3.00 bits per heavy atom. The van der Waals surface area contributed by atoms with Crippen LogP contribution in [0.5, 0.6) is 0 Å². The van der Waals surface area contributed by atoms with Crippen LogP contribution in [-0.2, 0) is 11.3 Å². The minimum Gasteiger partial charge on any atom is -0.381 e. The zero-order valence-corrected chi connectivity index (χ0v) is 10.4. The van der Waals surface area contributed by atoms with Crippen molar-refractivity contribution in [1.29, 1.82) is 0 Å². The highest BCUT2D eigenvalue weighted by Crippen LogP contribution is 2.29. The van der Waals surface area contributed by atoms with E-state index in [2.05, 4.69) is 23.6 Å². The number of aromatic nitrogens is 2. The molecule has 0 saturated carbocycles. The van der Waals surface area contributed by atoms with Gasteiger partial charge in [-0.15, -0.1) is 0 Å². The molecule has 1 aliphatic heterocycles. The molecule has 0 amide bonds. The molecule has 5 heteroatoms. The Morgan fingerprint density at radius 1 is 1.59 bits per heavy atom. The van der Waals surface area contributed by atoms with Crippen LogP contribution in [0.3, 0.4) is 0 Å². The second-order valence-electron chi connectivity index (χ2n) is 4.63. The molecule has 0 aliphatic carbocycles. The Kier molecular flexibility index (Phi) is 4.53. The highest BCUT2D eigenvalue weighted by atomic mass is 16.5. The van der Waals surface area contributed by atoms with E-state index < -0.39 is 0 Å². The molecule has 96 valence electrons. The maximum atomic E-state index is 5.69. The molecule has 0 spiro atoms. The van der Waals surface area contributed by atoms with E-state index in [0.717, 1.165) is 39.0 Å². The lowest BCUT2D eigenvalue weighted by atomic mass is 9.89. The van der Waals surface area contributed by atoms with Crippen molar-refractivity contribution in [3.05, 3.63) is 18.0 Å². The smallest absolute Gasteiger partial charge is 0.0538 e. The Morgan fingerprint density at radius 2 is 2.35 bits per heavy atom. The van der Waals surface area contributed by atoms with E-state index in [1.54, 1.807) is 0 Å². The molecule has 1 atom stereocenters. The molecule has 1 saturated heterocycles. The molecule has 17 heavy (non-hydrogen) atoms. The minimum absolute atomic E-state index is 0.199. The fraction of sp³-hybridized carbons (Fsp3) is 0.750. The highest BCUT2D eigenvalue weighted by Gasteiger charge is 2.25. The molecule has 0 bridgehead atoms. The predicted octanol–water partition coefficient (Wildman–Crippen LogP) is 1.22. The Labute approximate surface area is 102 Å². The lowest BCUT2D eigenvalue weighted by Gasteiger charge is -2.29. The van der Waals surface area contributed by atoms with Gasteiger partial charge in [-0.2, -0.15) is 5.10 Å². The van der Waals surface area contributed by atoms with Crippen LogP contribution >= 0.6 is 0 Å². The van der Waals surface area contributed by atoms with Crippen molar-refractivity contribution in [1.82, 2.24) is 15.2 Å². The number of hydrazine groups is 1. The Hall–Kier alpha value is -0.910. The van der Waals surface area contributed by atoms with E-state index in [4.69, 9.17) is 10.6 Å². The number of aryl methyl sites for hydroxylation is 1. The van der Waals surface area contributed by atoms with E-state index in [0.29, 0.717) is 5.92 Å². The number of hydrogen-bond donors (Lipinski definition) is 2. The molecular formula is C12H22N4O. The second kappa shape index (κ2) is 6.14. The van der Waals surface area contributed by atoms with Crippen molar-refractivity contribution < 1.29 is 4.74 Å². The van der Waals surface area contributed by atoms with E-state index in [9.17, 15) is 0 Å². The van der Waals surface area contributed by atoms with Gasteiger partial charge in [0.25, 0.3) is 0 Å². The summed E-state index contributed by atoms with van der Waals surface area (Å²) in [7, 11) is 0. The molecule has 1 unspecified atom stereocenters. The van der Waals surface area contributed by atoms with Gasteiger partial charge in [-0.3, -0.25) is 16.0 Å². The summed E-state index contributed by atoms with van der Waals surface area (Å²) < 4.78 is 7.37. The van der Waals surface area contributed by atoms with Crippen LogP contribution in [0, 0.1) is 5.92 Å². The fourth-order valence-electron chi connectivity index (χ4n) is 2.45. The molecule has 2 rings (SSSR count). The summed E-state index contributed by atoms with van der Waals surface area (Å²) in [5.41, 5.74) is 4.12. The lowest BCUT2D eigenvalue weighted by Crippen LogP contribution is -2.36. The summed E-state index contributed by atoms with van der Waals surface area (Å²) >= 11 is 0. The van der Waals surface area contributed by atoms with Gasteiger partial charge in [0.15, 0.2) is 0 Å². The van der Waals surface area contributed by atoms with E-state index in [1.807, 2.05) is 10.9 Å². The van der Waals surface area contributed by atoms with E-state index in [-0.39, 0.29) is 6.04 Å². The first-order chi connectivity index (χ1) is 8.35. The first kappa shape index (κ1) is 12.5. The molecule has 1 aliphatic rings. The van der Waals surface area contributed by atoms with Gasteiger partial charge in [0.1, 0.15) is 0 Å². The number of rotatable bonds is 5. The SMILES string of the molecule is CCCn1cc(C(NN)C2CCOCC2)cn1. The van der Waals surface area contributed by atoms with E-state index in [1.165, 1.54) is 5.56 Å². The highest BCUT2D eigenvalue weighted by molar-refractivity contribution is 5.11. The third kappa shape index (κ3) is 3.06. The van der Waals surface area contributed by atoms with Gasteiger partial charge in [-0.25, -0.2) is 0 Å². The second-order valence-corrected chi connectivity index (χ2v) is 4.63. The fourth-order valence-corrected chi connectivity index (χ4v) is 2.45. The van der Waals surface area contributed by atoms with Gasteiger partial charge >= 0.3 is 0 Å². The molecule has 2 heterocycles. The molecular weight excluding hydrogens is 216 g/mol. The summed E-state index contributed by atoms with van der Waals surface area (Å²) in [6.07, 6.45) is 7.25. The van der Waals surface area contributed by atoms with Crippen molar-refractivity contribution in [2.24, 2.45) is 11.8 Å². The van der Waals surface area contributed by atoms with Crippen molar-refractivity contribution in [3.63, 3.8) is 0 Å². The monoisotopic (exact) mass is 238 g/mol. The van der Waals surface area contributed by atoms with E-state index >= 15 is 0 Å². The standard InChI is InChI=1S/C12H22N4O/c1-2-5-16-9-11(8-14-16)12(15-13)10-3-6-17-7-4-10/h8-10,12,15H,2-7,13H2,1H3. The zero-order valence-electron chi connectivity index (χ0n) is 10.4. The molecule has 5 nitrogen and oxygen atoms in total. The van der Waals surface area contributed by atoms with Crippen molar-refractivity contribution in [2.75, 3.05) is 13.2 Å². The number of nitrogens with one attached hydrogen (secondary N) is 1. The average molecular weight is 238 g/mol. The quantitative estimate of drug-likeness (QED) is 0.598.